The Kier molecular flexibility index (Phi) is 5.68. The summed E-state index contributed by atoms with van der Waals surface area (Å²) >= 11 is 0. The Morgan fingerprint density at radius 3 is 2.53 bits per heavy atom. The van der Waals surface area contributed by atoms with Gasteiger partial charge in [0, 0.05) is 44.0 Å². The Morgan fingerprint density at radius 1 is 1.00 bits per heavy atom. The van der Waals surface area contributed by atoms with Crippen molar-refractivity contribution in [2.45, 2.75) is 6.04 Å². The number of ether oxygens (including phenoxy) is 2. The Bertz CT molecular complexity index is 1060. The van der Waals surface area contributed by atoms with Gasteiger partial charge in [-0.05, 0) is 54.6 Å². The van der Waals surface area contributed by atoms with Gasteiger partial charge in [0.2, 0.25) is 6.79 Å². The summed E-state index contributed by atoms with van der Waals surface area (Å²) in [5, 5.41) is 3.03. The molecule has 7 nitrogen and oxygen atoms in total. The Labute approximate surface area is 185 Å². The normalized spacial score (nSPS) is 16.7. The van der Waals surface area contributed by atoms with Gasteiger partial charge in [-0.3, -0.25) is 9.69 Å². The number of carbonyl (C=O) groups excluding carboxylic acids is 1. The van der Waals surface area contributed by atoms with Crippen molar-refractivity contribution >= 4 is 11.6 Å². The summed E-state index contributed by atoms with van der Waals surface area (Å²) in [6.45, 7) is 3.78. The molecule has 0 bridgehead atoms. The van der Waals surface area contributed by atoms with Crippen molar-refractivity contribution in [1.29, 1.82) is 0 Å². The maximum atomic E-state index is 13.2. The fraction of sp³-hybridized carbons (Fsp3) is 0.292. The Morgan fingerprint density at radius 2 is 1.78 bits per heavy atom. The molecule has 2 aliphatic rings. The number of furan rings is 1. The van der Waals surface area contributed by atoms with Crippen LogP contribution in [0, 0.1) is 5.82 Å². The number of fused-ring (bicyclic) bond motifs is 1. The summed E-state index contributed by atoms with van der Waals surface area (Å²) in [5.74, 6) is 1.63. The standard InChI is InChI=1S/C24H24FN3O4/c25-18-4-6-19(7-5-18)27-9-11-28(12-10-27)20(21-2-1-13-30-21)15-26-24(29)17-3-8-22-23(14-17)32-16-31-22/h1-8,13-14,20H,9-12,15-16H2,(H,26,29)/t20-/m0/s1. The molecule has 1 aromatic heterocycles. The SMILES string of the molecule is O=C(NC[C@@H](c1ccco1)N1CCN(c2ccc(F)cc2)CC1)c1ccc2c(c1)OCO2. The summed E-state index contributed by atoms with van der Waals surface area (Å²) in [6, 6.07) is 15.5. The summed E-state index contributed by atoms with van der Waals surface area (Å²) in [6.07, 6.45) is 1.65. The third kappa shape index (κ3) is 4.27. The lowest BCUT2D eigenvalue weighted by atomic mass is 10.1. The molecule has 3 heterocycles. The van der Waals surface area contributed by atoms with Crippen LogP contribution >= 0.6 is 0 Å². The van der Waals surface area contributed by atoms with Crippen LogP contribution in [0.2, 0.25) is 0 Å². The maximum absolute atomic E-state index is 13.2. The second kappa shape index (κ2) is 8.92. The van der Waals surface area contributed by atoms with Crippen LogP contribution in [-0.2, 0) is 0 Å². The summed E-state index contributed by atoms with van der Waals surface area (Å²) in [5.41, 5.74) is 1.53. The average Bonchev–Trinajstić information content (AvgIpc) is 3.52. The van der Waals surface area contributed by atoms with Crippen LogP contribution in [0.3, 0.4) is 0 Å². The van der Waals surface area contributed by atoms with Crippen LogP contribution in [0.15, 0.2) is 65.3 Å². The van der Waals surface area contributed by atoms with Crippen molar-refractivity contribution in [3.63, 3.8) is 0 Å². The molecule has 5 rings (SSSR count). The van der Waals surface area contributed by atoms with Crippen molar-refractivity contribution in [2.75, 3.05) is 44.4 Å². The first-order chi connectivity index (χ1) is 15.7. The lowest BCUT2D eigenvalue weighted by Crippen LogP contribution is -2.49. The first kappa shape index (κ1) is 20.4. The second-order valence-electron chi connectivity index (χ2n) is 7.81. The second-order valence-corrected chi connectivity index (χ2v) is 7.81. The highest BCUT2D eigenvalue weighted by Gasteiger charge is 2.28. The lowest BCUT2D eigenvalue weighted by Gasteiger charge is -2.39. The number of carbonyl (C=O) groups is 1. The number of amides is 1. The Balaban J connectivity index is 1.24. The summed E-state index contributed by atoms with van der Waals surface area (Å²) < 4.78 is 29.6. The van der Waals surface area contributed by atoms with E-state index in [2.05, 4.69) is 15.1 Å². The monoisotopic (exact) mass is 437 g/mol. The van der Waals surface area contributed by atoms with Gasteiger partial charge in [0.1, 0.15) is 11.6 Å². The molecule has 0 spiro atoms. The number of halogens is 1. The van der Waals surface area contributed by atoms with Crippen LogP contribution in [-0.4, -0.2) is 50.3 Å². The molecule has 1 amide bonds. The van der Waals surface area contributed by atoms with Crippen molar-refractivity contribution in [1.82, 2.24) is 10.2 Å². The Hall–Kier alpha value is -3.52. The fourth-order valence-electron chi connectivity index (χ4n) is 4.16. The third-order valence-corrected chi connectivity index (χ3v) is 5.91. The van der Waals surface area contributed by atoms with Crippen LogP contribution in [0.1, 0.15) is 22.2 Å². The van der Waals surface area contributed by atoms with Crippen LogP contribution in [0.5, 0.6) is 11.5 Å². The molecule has 1 fully saturated rings. The molecule has 0 saturated carbocycles. The van der Waals surface area contributed by atoms with Crippen LogP contribution < -0.4 is 19.7 Å². The molecule has 0 aliphatic carbocycles. The number of piperazine rings is 1. The van der Waals surface area contributed by atoms with Gasteiger partial charge in [-0.15, -0.1) is 0 Å². The molecule has 8 heteroatoms. The van der Waals surface area contributed by atoms with Crippen LogP contribution in [0.4, 0.5) is 10.1 Å². The van der Waals surface area contributed by atoms with E-state index in [1.807, 2.05) is 12.1 Å². The molecular formula is C24H24FN3O4. The molecule has 166 valence electrons. The number of rotatable bonds is 6. The van der Waals surface area contributed by atoms with E-state index in [0.717, 1.165) is 37.6 Å². The van der Waals surface area contributed by atoms with Crippen molar-refractivity contribution in [3.8, 4) is 11.5 Å². The zero-order chi connectivity index (χ0) is 21.9. The first-order valence-corrected chi connectivity index (χ1v) is 10.6. The highest BCUT2D eigenvalue weighted by atomic mass is 19.1. The molecule has 1 saturated heterocycles. The maximum Gasteiger partial charge on any atom is 0.251 e. The highest BCUT2D eigenvalue weighted by molar-refractivity contribution is 5.95. The minimum atomic E-state index is -0.233. The molecule has 1 atom stereocenters. The lowest BCUT2D eigenvalue weighted by molar-refractivity contribution is 0.0922. The van der Waals surface area contributed by atoms with Crippen molar-refractivity contribution in [2.24, 2.45) is 0 Å². The van der Waals surface area contributed by atoms with Gasteiger partial charge in [0.05, 0.1) is 12.3 Å². The minimum absolute atomic E-state index is 0.0849. The number of hydrogen-bond acceptors (Lipinski definition) is 6. The predicted octanol–water partition coefficient (Wildman–Crippen LogP) is 3.44. The van der Waals surface area contributed by atoms with E-state index in [0.29, 0.717) is 23.6 Å². The third-order valence-electron chi connectivity index (χ3n) is 5.91. The van der Waals surface area contributed by atoms with Crippen molar-refractivity contribution < 1.29 is 23.1 Å². The number of anilines is 1. The first-order valence-electron chi connectivity index (χ1n) is 10.6. The molecular weight excluding hydrogens is 413 g/mol. The molecule has 32 heavy (non-hydrogen) atoms. The van der Waals surface area contributed by atoms with Gasteiger partial charge >= 0.3 is 0 Å². The zero-order valence-corrected chi connectivity index (χ0v) is 17.5. The van der Waals surface area contributed by atoms with Gasteiger partial charge < -0.3 is 24.1 Å². The van der Waals surface area contributed by atoms with E-state index in [4.69, 9.17) is 13.9 Å². The highest BCUT2D eigenvalue weighted by Crippen LogP contribution is 2.32. The summed E-state index contributed by atoms with van der Waals surface area (Å²) in [7, 11) is 0. The number of hydrogen-bond donors (Lipinski definition) is 1. The molecule has 1 N–H and O–H groups in total. The topological polar surface area (TPSA) is 67.2 Å². The zero-order valence-electron chi connectivity index (χ0n) is 17.5. The largest absolute Gasteiger partial charge is 0.468 e. The fourth-order valence-corrected chi connectivity index (χ4v) is 4.16. The quantitative estimate of drug-likeness (QED) is 0.637. The van der Waals surface area contributed by atoms with Gasteiger partial charge in [-0.25, -0.2) is 4.39 Å². The number of benzene rings is 2. The molecule has 2 aliphatic heterocycles. The van der Waals surface area contributed by atoms with Crippen molar-refractivity contribution in [3.05, 3.63) is 78.0 Å². The minimum Gasteiger partial charge on any atom is -0.468 e. The van der Waals surface area contributed by atoms with E-state index < -0.39 is 0 Å². The van der Waals surface area contributed by atoms with Gasteiger partial charge in [-0.1, -0.05) is 0 Å². The van der Waals surface area contributed by atoms with Gasteiger partial charge in [-0.2, -0.15) is 0 Å². The van der Waals surface area contributed by atoms with E-state index in [1.165, 1.54) is 12.1 Å². The van der Waals surface area contributed by atoms with E-state index in [9.17, 15) is 9.18 Å². The molecule has 0 unspecified atom stereocenters. The van der Waals surface area contributed by atoms with Crippen LogP contribution in [0.25, 0.3) is 0 Å². The average molecular weight is 437 g/mol. The molecule has 3 aromatic rings. The van der Waals surface area contributed by atoms with Gasteiger partial charge in [0.15, 0.2) is 11.5 Å². The molecule has 0 radical (unpaired) electrons. The predicted molar refractivity (Wildman–Crippen MR) is 117 cm³/mol. The molecule has 2 aromatic carbocycles. The number of nitrogens with zero attached hydrogens (tertiary/aromatic N) is 2. The summed E-state index contributed by atoms with van der Waals surface area (Å²) in [4.78, 5) is 17.3. The smallest absolute Gasteiger partial charge is 0.251 e. The van der Waals surface area contributed by atoms with E-state index >= 15 is 0 Å². The number of nitrogens with one attached hydrogen (secondary N) is 1. The van der Waals surface area contributed by atoms with E-state index in [-0.39, 0.29) is 24.6 Å². The van der Waals surface area contributed by atoms with Gasteiger partial charge in [0.25, 0.3) is 5.91 Å². The van der Waals surface area contributed by atoms with E-state index in [1.54, 1.807) is 36.6 Å².